The molecule has 11 nitrogen and oxygen atoms in total. The number of aryl methyl sites for hydroxylation is 1. The number of carbonyl (C=O) groups is 1. The van der Waals surface area contributed by atoms with Crippen molar-refractivity contribution in [2.75, 3.05) is 42.9 Å². The van der Waals surface area contributed by atoms with Crippen LogP contribution in [0.2, 0.25) is 0 Å². The van der Waals surface area contributed by atoms with Gasteiger partial charge in [-0.2, -0.15) is 0 Å². The first-order chi connectivity index (χ1) is 20.9. The monoisotopic (exact) mass is 622 g/mol. The van der Waals surface area contributed by atoms with E-state index >= 15 is 0 Å². The topological polar surface area (TPSA) is 127 Å². The first kappa shape index (κ1) is 30.9. The van der Waals surface area contributed by atoms with Gasteiger partial charge >= 0.3 is 6.09 Å². The molecule has 5 rings (SSSR count). The van der Waals surface area contributed by atoms with Crippen LogP contribution in [0.1, 0.15) is 33.3 Å². The van der Waals surface area contributed by atoms with Gasteiger partial charge in [-0.1, -0.05) is 19.1 Å². The molecule has 0 saturated carbocycles. The summed E-state index contributed by atoms with van der Waals surface area (Å²) in [5, 5.41) is 0.784. The Hall–Kier alpha value is -4.52. The van der Waals surface area contributed by atoms with Gasteiger partial charge in [0.15, 0.2) is 0 Å². The van der Waals surface area contributed by atoms with Crippen molar-refractivity contribution in [3.05, 3.63) is 66.4 Å². The number of carbonyl (C=O) groups excluding carboxylic acids is 1. The Morgan fingerprint density at radius 1 is 1.00 bits per heavy atom. The molecule has 0 radical (unpaired) electrons. The van der Waals surface area contributed by atoms with Crippen molar-refractivity contribution in [1.82, 2.24) is 19.9 Å². The minimum absolute atomic E-state index is 0.0376. The highest BCUT2D eigenvalue weighted by atomic mass is 32.2. The summed E-state index contributed by atoms with van der Waals surface area (Å²) in [4.78, 5) is 29.1. The number of pyridine rings is 1. The fraction of sp³-hybridized carbons (Fsp3) is 0.355. The molecule has 1 fully saturated rings. The summed E-state index contributed by atoms with van der Waals surface area (Å²) in [5.41, 5.74) is 2.23. The Kier molecular flexibility index (Phi) is 8.60. The van der Waals surface area contributed by atoms with Crippen LogP contribution in [0.15, 0.2) is 59.9 Å². The summed E-state index contributed by atoms with van der Waals surface area (Å²) in [6, 6.07) is 11.2. The molecule has 0 aliphatic carbocycles. The normalized spacial score (nSPS) is 14.0. The number of aromatic nitrogens is 3. The van der Waals surface area contributed by atoms with Crippen LogP contribution >= 0.6 is 0 Å². The van der Waals surface area contributed by atoms with Crippen LogP contribution in [0.3, 0.4) is 0 Å². The molecule has 0 unspecified atom stereocenters. The van der Waals surface area contributed by atoms with Crippen molar-refractivity contribution in [3.63, 3.8) is 0 Å². The molecule has 13 heteroatoms. The molecule has 0 atom stereocenters. The maximum Gasteiger partial charge on any atom is 0.410 e. The predicted molar refractivity (Wildman–Crippen MR) is 166 cm³/mol. The van der Waals surface area contributed by atoms with Crippen LogP contribution in [0.4, 0.5) is 20.7 Å². The summed E-state index contributed by atoms with van der Waals surface area (Å²) in [6.45, 7) is 9.45. The van der Waals surface area contributed by atoms with Gasteiger partial charge in [-0.05, 0) is 68.7 Å². The molecule has 3 heterocycles. The van der Waals surface area contributed by atoms with Gasteiger partial charge in [0.1, 0.15) is 34.1 Å². The van der Waals surface area contributed by atoms with Gasteiger partial charge in [-0.3, -0.25) is 4.72 Å². The average Bonchev–Trinajstić information content (AvgIpc) is 2.99. The number of hydrogen-bond donors (Lipinski definition) is 1. The zero-order valence-electron chi connectivity index (χ0n) is 25.3. The number of nitrogens with one attached hydrogen (secondary N) is 1. The van der Waals surface area contributed by atoms with E-state index in [2.05, 4.69) is 24.6 Å². The first-order valence-electron chi connectivity index (χ1n) is 14.2. The summed E-state index contributed by atoms with van der Waals surface area (Å²) < 4.78 is 54.3. The second-order valence-corrected chi connectivity index (χ2v) is 13.0. The number of benzene rings is 2. The molecule has 2 aromatic carbocycles. The maximum atomic E-state index is 14.7. The lowest BCUT2D eigenvalue weighted by Crippen LogP contribution is -2.50. The van der Waals surface area contributed by atoms with Crippen molar-refractivity contribution in [3.8, 4) is 17.0 Å². The Bertz CT molecular complexity index is 1800. The van der Waals surface area contributed by atoms with Gasteiger partial charge in [0.2, 0.25) is 5.88 Å². The SMILES string of the molecule is CCc1ccc(S(=O)(=O)Nc2cc(-c3ccc4ncnc(N5CCN(C(=O)OC(C)(C)C)CC5)c4c3)cnc2OC)c(F)c1. The van der Waals surface area contributed by atoms with Crippen LogP contribution in [-0.2, 0) is 21.2 Å². The largest absolute Gasteiger partial charge is 0.480 e. The molecule has 4 aromatic rings. The third-order valence-corrected chi connectivity index (χ3v) is 8.56. The summed E-state index contributed by atoms with van der Waals surface area (Å²) in [7, 11) is -2.91. The van der Waals surface area contributed by atoms with E-state index in [-0.39, 0.29) is 17.7 Å². The van der Waals surface area contributed by atoms with Crippen LogP contribution in [0.25, 0.3) is 22.0 Å². The fourth-order valence-corrected chi connectivity index (χ4v) is 6.04. The second-order valence-electron chi connectivity index (χ2n) is 11.4. The number of ether oxygens (including phenoxy) is 2. The molecular formula is C31H35FN6O5S. The number of hydrogen-bond acceptors (Lipinski definition) is 9. The maximum absolute atomic E-state index is 14.7. The lowest BCUT2D eigenvalue weighted by atomic mass is 10.0. The van der Waals surface area contributed by atoms with Crippen LogP contribution in [0.5, 0.6) is 5.88 Å². The van der Waals surface area contributed by atoms with E-state index in [1.807, 2.05) is 45.9 Å². The van der Waals surface area contributed by atoms with E-state index in [1.165, 1.54) is 25.6 Å². The van der Waals surface area contributed by atoms with Crippen molar-refractivity contribution in [1.29, 1.82) is 0 Å². The van der Waals surface area contributed by atoms with Crippen molar-refractivity contribution in [2.45, 2.75) is 44.6 Å². The third kappa shape index (κ3) is 6.67. The molecule has 0 bridgehead atoms. The summed E-state index contributed by atoms with van der Waals surface area (Å²) in [5.74, 6) is -0.0846. The molecule has 232 valence electrons. The molecule has 44 heavy (non-hydrogen) atoms. The molecule has 2 aromatic heterocycles. The van der Waals surface area contributed by atoms with Crippen molar-refractivity contribution >= 4 is 38.5 Å². The van der Waals surface area contributed by atoms with Gasteiger partial charge in [-0.25, -0.2) is 32.6 Å². The number of methoxy groups -OCH3 is 1. The predicted octanol–water partition coefficient (Wildman–Crippen LogP) is 5.26. The van der Waals surface area contributed by atoms with Crippen LogP contribution in [-0.4, -0.2) is 73.3 Å². The standard InChI is InChI=1S/C31H35FN6O5S/c1-6-20-7-10-27(24(32)15-20)44(40,41)36-26-17-22(18-33-29(26)42-5)21-8-9-25-23(16-21)28(35-19-34-25)37-11-13-38(14-12-37)30(39)43-31(2,3)4/h7-10,15-19,36H,6,11-14H2,1-5H3. The number of fused-ring (bicyclic) bond motifs is 1. The Balaban J connectivity index is 1.43. The molecule has 1 aliphatic rings. The number of anilines is 2. The van der Waals surface area contributed by atoms with Crippen LogP contribution in [0, 0.1) is 5.82 Å². The van der Waals surface area contributed by atoms with E-state index in [0.29, 0.717) is 49.5 Å². The van der Waals surface area contributed by atoms with Crippen molar-refractivity contribution < 1.29 is 27.1 Å². The second kappa shape index (κ2) is 12.2. The number of nitrogens with zero attached hydrogens (tertiary/aromatic N) is 5. The molecule has 1 N–H and O–H groups in total. The highest BCUT2D eigenvalue weighted by molar-refractivity contribution is 7.92. The van der Waals surface area contributed by atoms with Gasteiger partial charge < -0.3 is 19.3 Å². The highest BCUT2D eigenvalue weighted by Gasteiger charge is 2.27. The molecule has 1 saturated heterocycles. The van der Waals surface area contributed by atoms with Gasteiger partial charge in [-0.15, -0.1) is 0 Å². The van der Waals surface area contributed by atoms with Gasteiger partial charge in [0.25, 0.3) is 10.0 Å². The first-order valence-corrected chi connectivity index (χ1v) is 15.7. The van der Waals surface area contributed by atoms with E-state index in [4.69, 9.17) is 9.47 Å². The summed E-state index contributed by atoms with van der Waals surface area (Å²) >= 11 is 0. The minimum Gasteiger partial charge on any atom is -0.480 e. The van der Waals surface area contributed by atoms with Gasteiger partial charge in [0.05, 0.1) is 12.6 Å². The Labute approximate surface area is 256 Å². The van der Waals surface area contributed by atoms with Crippen molar-refractivity contribution in [2.24, 2.45) is 0 Å². The third-order valence-electron chi connectivity index (χ3n) is 7.16. The molecule has 0 spiro atoms. The molecule has 1 aliphatic heterocycles. The van der Waals surface area contributed by atoms with Crippen LogP contribution < -0.4 is 14.4 Å². The number of sulfonamides is 1. The molecular weight excluding hydrogens is 587 g/mol. The van der Waals surface area contributed by atoms with E-state index < -0.39 is 26.3 Å². The quantitative estimate of drug-likeness (QED) is 0.294. The van der Waals surface area contributed by atoms with E-state index in [1.54, 1.807) is 23.2 Å². The van der Waals surface area contributed by atoms with Gasteiger partial charge in [0, 0.05) is 43.3 Å². The van der Waals surface area contributed by atoms with E-state index in [9.17, 15) is 17.6 Å². The smallest absolute Gasteiger partial charge is 0.410 e. The number of halogens is 1. The summed E-state index contributed by atoms with van der Waals surface area (Å²) in [6.07, 6.45) is 3.31. The average molecular weight is 623 g/mol. The lowest BCUT2D eigenvalue weighted by molar-refractivity contribution is 0.0240. The van der Waals surface area contributed by atoms with E-state index in [0.717, 1.165) is 16.5 Å². The highest BCUT2D eigenvalue weighted by Crippen LogP contribution is 2.34. The number of amides is 1. The Morgan fingerprint density at radius 3 is 2.41 bits per heavy atom. The number of piperazine rings is 1. The Morgan fingerprint density at radius 2 is 1.75 bits per heavy atom. The zero-order valence-corrected chi connectivity index (χ0v) is 26.1. The molecule has 1 amide bonds. The lowest BCUT2D eigenvalue weighted by Gasteiger charge is -2.36. The zero-order chi connectivity index (χ0) is 31.6. The minimum atomic E-state index is -4.29. The fourth-order valence-electron chi connectivity index (χ4n) is 4.93. The number of rotatable bonds is 7.